The first-order valence-corrected chi connectivity index (χ1v) is 12.6. The van der Waals surface area contributed by atoms with Gasteiger partial charge in [-0.15, -0.1) is 0 Å². The number of furan rings is 1. The normalized spacial score (nSPS) is 15.7. The number of carbonyl (C=O) groups is 2. The summed E-state index contributed by atoms with van der Waals surface area (Å²) in [4.78, 5) is 28.7. The van der Waals surface area contributed by atoms with Gasteiger partial charge in [0.05, 0.1) is 18.2 Å². The van der Waals surface area contributed by atoms with Crippen molar-refractivity contribution >= 4 is 39.9 Å². The van der Waals surface area contributed by atoms with Crippen molar-refractivity contribution in [2.24, 2.45) is 0 Å². The van der Waals surface area contributed by atoms with Crippen molar-refractivity contribution in [2.75, 3.05) is 11.5 Å². The van der Waals surface area contributed by atoms with E-state index in [2.05, 4.69) is 13.8 Å². The van der Waals surface area contributed by atoms with E-state index in [0.717, 1.165) is 5.56 Å². The number of aliphatic hydroxyl groups excluding tert-OH is 1. The summed E-state index contributed by atoms with van der Waals surface area (Å²) < 4.78 is 11.3. The lowest BCUT2D eigenvalue weighted by atomic mass is 9.94. The number of fused-ring (bicyclic) bond motifs is 1. The predicted molar refractivity (Wildman–Crippen MR) is 145 cm³/mol. The van der Waals surface area contributed by atoms with Gasteiger partial charge in [-0.3, -0.25) is 14.5 Å². The second kappa shape index (κ2) is 9.91. The van der Waals surface area contributed by atoms with Crippen molar-refractivity contribution in [3.8, 4) is 11.5 Å². The molecule has 1 aliphatic rings. The van der Waals surface area contributed by atoms with Gasteiger partial charge in [-0.05, 0) is 72.5 Å². The predicted octanol–water partition coefficient (Wildman–Crippen LogP) is 7.10. The van der Waals surface area contributed by atoms with E-state index in [1.54, 1.807) is 49.4 Å². The Morgan fingerprint density at radius 2 is 1.79 bits per heavy atom. The van der Waals surface area contributed by atoms with Gasteiger partial charge >= 0.3 is 0 Å². The largest absolute Gasteiger partial charge is 0.504 e. The summed E-state index contributed by atoms with van der Waals surface area (Å²) in [5.74, 6) is -1.67. The van der Waals surface area contributed by atoms with Gasteiger partial charge in [-0.1, -0.05) is 43.6 Å². The average Bonchev–Trinajstić information content (AvgIpc) is 3.43. The minimum absolute atomic E-state index is 0.0394. The van der Waals surface area contributed by atoms with Crippen molar-refractivity contribution in [2.45, 2.75) is 32.7 Å². The fraction of sp³-hybridized carbons (Fsp3) is 0.200. The molecule has 1 aromatic heterocycles. The van der Waals surface area contributed by atoms with Gasteiger partial charge < -0.3 is 19.4 Å². The van der Waals surface area contributed by atoms with Crippen LogP contribution in [-0.4, -0.2) is 28.5 Å². The molecule has 1 unspecified atom stereocenters. The zero-order valence-corrected chi connectivity index (χ0v) is 21.8. The molecule has 5 rings (SSSR count). The molecule has 1 aliphatic heterocycles. The van der Waals surface area contributed by atoms with E-state index in [4.69, 9.17) is 20.8 Å². The molecule has 0 aliphatic carbocycles. The second-order valence-electron chi connectivity index (χ2n) is 9.37. The quantitative estimate of drug-likeness (QED) is 0.247. The molecule has 0 saturated heterocycles. The zero-order valence-electron chi connectivity index (χ0n) is 21.1. The molecule has 0 spiro atoms. The molecule has 0 saturated carbocycles. The van der Waals surface area contributed by atoms with E-state index in [1.165, 1.54) is 17.0 Å². The molecule has 1 atom stereocenters. The lowest BCUT2D eigenvalue weighted by Gasteiger charge is -2.27. The number of aliphatic hydroxyl groups is 1. The number of phenols is 1. The third-order valence-corrected chi connectivity index (χ3v) is 6.83. The smallest absolute Gasteiger partial charge is 0.294 e. The highest BCUT2D eigenvalue weighted by molar-refractivity contribution is 6.31. The number of hydrogen-bond acceptors (Lipinski definition) is 6. The van der Waals surface area contributed by atoms with E-state index >= 15 is 0 Å². The number of carbonyl (C=O) groups excluding carboxylic acids is 2. The second-order valence-corrected chi connectivity index (χ2v) is 9.80. The van der Waals surface area contributed by atoms with Gasteiger partial charge in [0.2, 0.25) is 5.78 Å². The standard InChI is InChI=1S/C30H26ClNO6/c1-4-37-24-14-18(7-11-22(24)33)27-26(28(34)25-15-19-13-20(31)8-12-23(19)38-25)29(35)30(36)32(27)21-9-5-17(6-10-21)16(2)3/h5-16,27,33,35H,4H2,1-3H3. The molecule has 0 fully saturated rings. The van der Waals surface area contributed by atoms with Crippen LogP contribution in [0.15, 0.2) is 82.5 Å². The fourth-order valence-electron chi connectivity index (χ4n) is 4.67. The number of ether oxygens (including phenoxy) is 1. The van der Waals surface area contributed by atoms with Crippen LogP contribution in [0.4, 0.5) is 5.69 Å². The van der Waals surface area contributed by atoms with E-state index in [1.807, 2.05) is 12.1 Å². The molecular weight excluding hydrogens is 506 g/mol. The van der Waals surface area contributed by atoms with Crippen LogP contribution in [0, 0.1) is 0 Å². The van der Waals surface area contributed by atoms with Crippen LogP contribution in [0.3, 0.4) is 0 Å². The van der Waals surface area contributed by atoms with Gasteiger partial charge in [0.1, 0.15) is 5.58 Å². The Morgan fingerprint density at radius 3 is 2.47 bits per heavy atom. The topological polar surface area (TPSA) is 100 Å². The molecule has 8 heteroatoms. The fourth-order valence-corrected chi connectivity index (χ4v) is 4.85. The van der Waals surface area contributed by atoms with E-state index in [9.17, 15) is 19.8 Å². The molecule has 0 bridgehead atoms. The highest BCUT2D eigenvalue weighted by Crippen LogP contribution is 2.44. The number of phenolic OH excluding ortho intramolecular Hbond substituents is 1. The van der Waals surface area contributed by atoms with Crippen LogP contribution in [0.2, 0.25) is 5.02 Å². The lowest BCUT2D eigenvalue weighted by Crippen LogP contribution is -2.31. The highest BCUT2D eigenvalue weighted by Gasteiger charge is 2.45. The number of benzene rings is 3. The Hall–Kier alpha value is -4.23. The molecule has 7 nitrogen and oxygen atoms in total. The number of anilines is 1. The summed E-state index contributed by atoms with van der Waals surface area (Å²) in [7, 11) is 0. The average molecular weight is 532 g/mol. The molecule has 3 aromatic carbocycles. The molecule has 1 amide bonds. The van der Waals surface area contributed by atoms with Crippen LogP contribution in [0.5, 0.6) is 11.5 Å². The summed E-state index contributed by atoms with van der Waals surface area (Å²) in [6.45, 7) is 6.21. The summed E-state index contributed by atoms with van der Waals surface area (Å²) in [5, 5.41) is 22.4. The molecule has 4 aromatic rings. The van der Waals surface area contributed by atoms with E-state index in [0.29, 0.717) is 33.8 Å². The molecular formula is C30H26ClNO6. The number of ketones is 1. The van der Waals surface area contributed by atoms with Gasteiger partial charge in [0.25, 0.3) is 5.91 Å². The van der Waals surface area contributed by atoms with Crippen molar-refractivity contribution in [3.05, 3.63) is 100.0 Å². The Kier molecular flexibility index (Phi) is 6.63. The molecule has 194 valence electrons. The molecule has 0 radical (unpaired) electrons. The highest BCUT2D eigenvalue weighted by atomic mass is 35.5. The first-order valence-electron chi connectivity index (χ1n) is 12.3. The van der Waals surface area contributed by atoms with Crippen molar-refractivity contribution in [1.29, 1.82) is 0 Å². The van der Waals surface area contributed by atoms with E-state index < -0.39 is 23.5 Å². The SMILES string of the molecule is CCOc1cc(C2C(C(=O)c3cc4cc(Cl)ccc4o3)=C(O)C(=O)N2c2ccc(C(C)C)cc2)ccc1O. The maximum Gasteiger partial charge on any atom is 0.294 e. The van der Waals surface area contributed by atoms with Crippen LogP contribution >= 0.6 is 11.6 Å². The van der Waals surface area contributed by atoms with Gasteiger partial charge in [-0.25, -0.2) is 0 Å². The number of Topliss-reactive ketones (excluding diaryl/α,β-unsaturated/α-hetero) is 1. The summed E-state index contributed by atoms with van der Waals surface area (Å²) in [5.41, 5.74) is 2.36. The first kappa shape index (κ1) is 25.4. The summed E-state index contributed by atoms with van der Waals surface area (Å²) >= 11 is 6.09. The van der Waals surface area contributed by atoms with Gasteiger partial charge in [0.15, 0.2) is 23.0 Å². The Morgan fingerprint density at radius 1 is 1.05 bits per heavy atom. The van der Waals surface area contributed by atoms with Crippen LogP contribution in [0.1, 0.15) is 54.4 Å². The first-order chi connectivity index (χ1) is 18.2. The number of rotatable bonds is 7. The molecule has 38 heavy (non-hydrogen) atoms. The Balaban J connectivity index is 1.66. The Labute approximate surface area is 224 Å². The third kappa shape index (κ3) is 4.39. The van der Waals surface area contributed by atoms with Crippen molar-refractivity contribution in [3.63, 3.8) is 0 Å². The lowest BCUT2D eigenvalue weighted by molar-refractivity contribution is -0.117. The van der Waals surface area contributed by atoms with Gasteiger partial charge in [-0.2, -0.15) is 0 Å². The molecule has 2 heterocycles. The van der Waals surface area contributed by atoms with Crippen molar-refractivity contribution in [1.82, 2.24) is 0 Å². The number of amides is 1. The van der Waals surface area contributed by atoms with E-state index in [-0.39, 0.29) is 28.8 Å². The minimum Gasteiger partial charge on any atom is -0.504 e. The third-order valence-electron chi connectivity index (χ3n) is 6.59. The number of hydrogen-bond donors (Lipinski definition) is 2. The van der Waals surface area contributed by atoms with Crippen molar-refractivity contribution < 1.29 is 29.0 Å². The molecule has 2 N–H and O–H groups in total. The maximum absolute atomic E-state index is 13.8. The van der Waals surface area contributed by atoms with Gasteiger partial charge in [0, 0.05) is 16.1 Å². The zero-order chi connectivity index (χ0) is 27.1. The van der Waals surface area contributed by atoms with Crippen LogP contribution in [-0.2, 0) is 4.79 Å². The summed E-state index contributed by atoms with van der Waals surface area (Å²) in [6.07, 6.45) is 0. The number of halogens is 1. The number of nitrogens with zero attached hydrogens (tertiary/aromatic N) is 1. The minimum atomic E-state index is -1.00. The number of aromatic hydroxyl groups is 1. The monoisotopic (exact) mass is 531 g/mol. The maximum atomic E-state index is 13.8. The van der Waals surface area contributed by atoms with Crippen LogP contribution in [0.25, 0.3) is 11.0 Å². The van der Waals surface area contributed by atoms with Crippen LogP contribution < -0.4 is 9.64 Å². The Bertz CT molecular complexity index is 1580. The summed E-state index contributed by atoms with van der Waals surface area (Å²) in [6, 6.07) is 17.5.